The molecule has 0 N–H and O–H groups in total. The van der Waals surface area contributed by atoms with Crippen molar-refractivity contribution in [3.63, 3.8) is 0 Å². The maximum Gasteiger partial charge on any atom is 0.144 e. The minimum absolute atomic E-state index is 0.139. The predicted molar refractivity (Wildman–Crippen MR) is 51.6 cm³/mol. The van der Waals surface area contributed by atoms with E-state index in [9.17, 15) is 4.39 Å². The zero-order chi connectivity index (χ0) is 10.1. The highest BCUT2D eigenvalue weighted by Gasteiger charge is 2.32. The minimum atomic E-state index is -1.20. The molecule has 0 spiro atoms. The van der Waals surface area contributed by atoms with Gasteiger partial charge in [-0.15, -0.1) is 0 Å². The normalized spacial score (nSPS) is 37.8. The van der Waals surface area contributed by atoms with Gasteiger partial charge in [0.25, 0.3) is 0 Å². The van der Waals surface area contributed by atoms with Crippen molar-refractivity contribution in [3.05, 3.63) is 0 Å². The molecule has 1 aliphatic heterocycles. The number of halogens is 1. The lowest BCUT2D eigenvalue weighted by Gasteiger charge is -2.29. The summed E-state index contributed by atoms with van der Waals surface area (Å²) in [5.74, 6) is 0. The number of hydrogen-bond donors (Lipinski definition) is 0. The quantitative estimate of drug-likeness (QED) is 0.624. The molecule has 0 aromatic heterocycles. The monoisotopic (exact) mass is 189 g/mol. The van der Waals surface area contributed by atoms with E-state index >= 15 is 0 Å². The molecule has 0 aromatic carbocycles. The van der Waals surface area contributed by atoms with Crippen LogP contribution in [-0.4, -0.2) is 42.4 Å². The van der Waals surface area contributed by atoms with E-state index in [-0.39, 0.29) is 12.7 Å². The molecule has 78 valence electrons. The van der Waals surface area contributed by atoms with E-state index in [1.54, 1.807) is 6.92 Å². The van der Waals surface area contributed by atoms with Crippen molar-refractivity contribution >= 4 is 0 Å². The lowest BCUT2D eigenvalue weighted by Crippen LogP contribution is -2.42. The van der Waals surface area contributed by atoms with E-state index in [2.05, 4.69) is 18.7 Å². The first-order chi connectivity index (χ1) is 5.91. The molecular formula is C10H20FNO. The van der Waals surface area contributed by atoms with Crippen LogP contribution < -0.4 is 0 Å². The molecule has 1 heterocycles. The molecule has 0 aliphatic carbocycles. The van der Waals surface area contributed by atoms with Crippen molar-refractivity contribution in [2.45, 2.75) is 45.5 Å². The Labute approximate surface area is 80.1 Å². The van der Waals surface area contributed by atoms with Crippen LogP contribution in [0.3, 0.4) is 0 Å². The third-order valence-electron chi connectivity index (χ3n) is 2.42. The van der Waals surface area contributed by atoms with Gasteiger partial charge in [-0.3, -0.25) is 4.90 Å². The third kappa shape index (κ3) is 3.24. The van der Waals surface area contributed by atoms with Crippen molar-refractivity contribution in [1.82, 2.24) is 4.90 Å². The second-order valence-corrected chi connectivity index (χ2v) is 4.56. The highest BCUT2D eigenvalue weighted by atomic mass is 19.1. The Morgan fingerprint density at radius 1 is 1.54 bits per heavy atom. The van der Waals surface area contributed by atoms with Gasteiger partial charge in [0.2, 0.25) is 0 Å². The summed E-state index contributed by atoms with van der Waals surface area (Å²) in [6.45, 7) is 9.32. The highest BCUT2D eigenvalue weighted by Crippen LogP contribution is 2.19. The first-order valence-corrected chi connectivity index (χ1v) is 4.95. The summed E-state index contributed by atoms with van der Waals surface area (Å²) < 4.78 is 19.1. The smallest absolute Gasteiger partial charge is 0.144 e. The van der Waals surface area contributed by atoms with Crippen LogP contribution in [0, 0.1) is 0 Å². The topological polar surface area (TPSA) is 12.5 Å². The Balaban J connectivity index is 2.63. The lowest BCUT2D eigenvalue weighted by molar-refractivity contribution is 0.0123. The lowest BCUT2D eigenvalue weighted by atomic mass is 10.1. The van der Waals surface area contributed by atoms with E-state index in [0.717, 1.165) is 6.54 Å². The van der Waals surface area contributed by atoms with Gasteiger partial charge in [-0.1, -0.05) is 0 Å². The van der Waals surface area contributed by atoms with Crippen LogP contribution in [0.15, 0.2) is 0 Å². The van der Waals surface area contributed by atoms with Crippen LogP contribution in [0.1, 0.15) is 27.7 Å². The Morgan fingerprint density at radius 3 is 2.69 bits per heavy atom. The minimum Gasteiger partial charge on any atom is -0.374 e. The number of ether oxygens (including phenoxy) is 1. The number of alkyl halides is 1. The zero-order valence-electron chi connectivity index (χ0n) is 9.01. The average Bonchev–Trinajstić information content (AvgIpc) is 2.11. The average molecular weight is 189 g/mol. The fraction of sp³-hybridized carbons (Fsp3) is 1.00. The van der Waals surface area contributed by atoms with Crippen LogP contribution in [0.2, 0.25) is 0 Å². The summed E-state index contributed by atoms with van der Waals surface area (Å²) in [5, 5.41) is 0. The van der Waals surface area contributed by atoms with Gasteiger partial charge >= 0.3 is 0 Å². The molecule has 1 aliphatic rings. The van der Waals surface area contributed by atoms with Crippen LogP contribution in [0.5, 0.6) is 0 Å². The van der Waals surface area contributed by atoms with Crippen LogP contribution >= 0.6 is 0 Å². The molecule has 0 bridgehead atoms. The summed E-state index contributed by atoms with van der Waals surface area (Å²) >= 11 is 0. The van der Waals surface area contributed by atoms with Gasteiger partial charge in [0.1, 0.15) is 5.67 Å². The molecule has 3 heteroatoms. The van der Waals surface area contributed by atoms with Gasteiger partial charge in [-0.25, -0.2) is 4.39 Å². The Kier molecular flexibility index (Phi) is 3.30. The summed E-state index contributed by atoms with van der Waals surface area (Å²) in [6, 6.07) is 0.388. The number of hydrogen-bond acceptors (Lipinski definition) is 2. The van der Waals surface area contributed by atoms with E-state index in [0.29, 0.717) is 12.6 Å². The standard InChI is InChI=1S/C10H20FNO/c1-8(2)12-5-9(3)13-7-10(4,11)6-12/h8-9H,5-7H2,1-4H3/t9-,10-/m0/s1. The van der Waals surface area contributed by atoms with Crippen molar-refractivity contribution in [1.29, 1.82) is 0 Å². The van der Waals surface area contributed by atoms with Crippen molar-refractivity contribution < 1.29 is 9.13 Å². The Bertz CT molecular complexity index is 170. The predicted octanol–water partition coefficient (Wildman–Crippen LogP) is 1.84. The maximum absolute atomic E-state index is 13.7. The summed E-state index contributed by atoms with van der Waals surface area (Å²) in [5.41, 5.74) is -1.20. The maximum atomic E-state index is 13.7. The van der Waals surface area contributed by atoms with Crippen LogP contribution in [0.4, 0.5) is 4.39 Å². The largest absolute Gasteiger partial charge is 0.374 e. The van der Waals surface area contributed by atoms with Gasteiger partial charge in [-0.05, 0) is 27.7 Å². The van der Waals surface area contributed by atoms with E-state index in [4.69, 9.17) is 4.74 Å². The third-order valence-corrected chi connectivity index (χ3v) is 2.42. The second-order valence-electron chi connectivity index (χ2n) is 4.56. The van der Waals surface area contributed by atoms with Crippen molar-refractivity contribution in [2.24, 2.45) is 0 Å². The first-order valence-electron chi connectivity index (χ1n) is 4.95. The summed E-state index contributed by atoms with van der Waals surface area (Å²) in [4.78, 5) is 2.14. The molecular weight excluding hydrogens is 169 g/mol. The Morgan fingerprint density at radius 2 is 2.15 bits per heavy atom. The fourth-order valence-corrected chi connectivity index (χ4v) is 1.63. The summed E-state index contributed by atoms with van der Waals surface area (Å²) in [7, 11) is 0. The van der Waals surface area contributed by atoms with Gasteiger partial charge in [0, 0.05) is 19.1 Å². The summed E-state index contributed by atoms with van der Waals surface area (Å²) in [6.07, 6.45) is 0.139. The first kappa shape index (κ1) is 10.9. The number of nitrogens with zero attached hydrogens (tertiary/aromatic N) is 1. The van der Waals surface area contributed by atoms with E-state index in [1.165, 1.54) is 0 Å². The Hall–Kier alpha value is -0.150. The molecule has 0 unspecified atom stereocenters. The van der Waals surface area contributed by atoms with Crippen molar-refractivity contribution in [2.75, 3.05) is 19.7 Å². The molecule has 2 atom stereocenters. The number of rotatable bonds is 1. The molecule has 0 aromatic rings. The van der Waals surface area contributed by atoms with E-state index < -0.39 is 5.67 Å². The molecule has 0 saturated carbocycles. The molecule has 13 heavy (non-hydrogen) atoms. The molecule has 2 nitrogen and oxygen atoms in total. The van der Waals surface area contributed by atoms with Gasteiger partial charge in [0.05, 0.1) is 12.7 Å². The van der Waals surface area contributed by atoms with Gasteiger partial charge in [-0.2, -0.15) is 0 Å². The fourth-order valence-electron chi connectivity index (χ4n) is 1.63. The zero-order valence-corrected chi connectivity index (χ0v) is 9.01. The van der Waals surface area contributed by atoms with E-state index in [1.807, 2.05) is 6.92 Å². The molecule has 1 fully saturated rings. The van der Waals surface area contributed by atoms with Gasteiger partial charge in [0.15, 0.2) is 0 Å². The molecule has 0 amide bonds. The highest BCUT2D eigenvalue weighted by molar-refractivity contribution is 4.83. The molecule has 1 rings (SSSR count). The molecule has 0 radical (unpaired) electrons. The SMILES string of the molecule is CC(C)N1C[C@H](C)OC[C@@](C)(F)C1. The second kappa shape index (κ2) is 3.93. The van der Waals surface area contributed by atoms with Gasteiger partial charge < -0.3 is 4.74 Å². The van der Waals surface area contributed by atoms with Crippen molar-refractivity contribution in [3.8, 4) is 0 Å². The van der Waals surface area contributed by atoms with Crippen LogP contribution in [-0.2, 0) is 4.74 Å². The molecule has 1 saturated heterocycles. The van der Waals surface area contributed by atoms with Crippen LogP contribution in [0.25, 0.3) is 0 Å².